The van der Waals surface area contributed by atoms with E-state index in [1.165, 1.54) is 11.7 Å². The Kier molecular flexibility index (Phi) is 6.16. The van der Waals surface area contributed by atoms with Crippen molar-refractivity contribution in [1.82, 2.24) is 19.5 Å². The number of hydrogen-bond acceptors (Lipinski definition) is 7. The summed E-state index contributed by atoms with van der Waals surface area (Å²) in [6, 6.07) is 7.58. The molecule has 3 rings (SSSR count). The van der Waals surface area contributed by atoms with Gasteiger partial charge in [-0.25, -0.2) is 4.79 Å². The van der Waals surface area contributed by atoms with Gasteiger partial charge in [-0.1, -0.05) is 37.6 Å². The van der Waals surface area contributed by atoms with E-state index in [1.807, 2.05) is 24.3 Å². The number of aromatic amines is 1. The number of methoxy groups -OCH3 is 1. The SMILES string of the molecule is CCCCOc1nc(N)c2[nH]c(=O)n(Cc3cccc([C@H](C)C(=O)OC)c3)c2n1. The van der Waals surface area contributed by atoms with Crippen LogP contribution in [0, 0.1) is 0 Å². The average molecular weight is 399 g/mol. The monoisotopic (exact) mass is 399 g/mol. The lowest BCUT2D eigenvalue weighted by atomic mass is 9.99. The molecule has 9 heteroatoms. The van der Waals surface area contributed by atoms with Gasteiger partial charge < -0.3 is 20.2 Å². The van der Waals surface area contributed by atoms with Crippen LogP contribution in [0.15, 0.2) is 29.1 Å². The largest absolute Gasteiger partial charge is 0.469 e. The smallest absolute Gasteiger partial charge is 0.328 e. The van der Waals surface area contributed by atoms with Gasteiger partial charge in [0.05, 0.1) is 26.2 Å². The van der Waals surface area contributed by atoms with E-state index in [0.717, 1.165) is 24.0 Å². The zero-order chi connectivity index (χ0) is 21.0. The highest BCUT2D eigenvalue weighted by Crippen LogP contribution is 2.21. The zero-order valence-electron chi connectivity index (χ0n) is 16.8. The van der Waals surface area contributed by atoms with E-state index in [4.69, 9.17) is 15.2 Å². The number of rotatable bonds is 8. The number of anilines is 1. The Morgan fingerprint density at radius 2 is 2.14 bits per heavy atom. The lowest BCUT2D eigenvalue weighted by molar-refractivity contribution is -0.141. The van der Waals surface area contributed by atoms with Crippen LogP contribution < -0.4 is 16.2 Å². The third-order valence-electron chi connectivity index (χ3n) is 4.71. The number of benzene rings is 1. The second kappa shape index (κ2) is 8.76. The molecule has 0 aliphatic rings. The first-order valence-electron chi connectivity index (χ1n) is 9.50. The standard InChI is InChI=1S/C20H25N5O4/c1-4-5-9-29-19-23-16(21)15-17(24-19)25(20(27)22-15)11-13-7-6-8-14(10-13)12(2)18(26)28-3/h6-8,10,12H,4-5,9,11H2,1-3H3,(H,22,27)(H2,21,23,24)/t12-/m0/s1. The van der Waals surface area contributed by atoms with E-state index in [9.17, 15) is 9.59 Å². The van der Waals surface area contributed by atoms with Crippen molar-refractivity contribution in [2.45, 2.75) is 39.2 Å². The molecule has 9 nitrogen and oxygen atoms in total. The minimum Gasteiger partial charge on any atom is -0.469 e. The van der Waals surface area contributed by atoms with Gasteiger partial charge in [-0.2, -0.15) is 9.97 Å². The van der Waals surface area contributed by atoms with Gasteiger partial charge in [-0.15, -0.1) is 0 Å². The molecular weight excluding hydrogens is 374 g/mol. The molecule has 0 aliphatic heterocycles. The molecule has 0 fully saturated rings. The number of nitrogen functional groups attached to an aromatic ring is 1. The molecule has 29 heavy (non-hydrogen) atoms. The molecule has 2 aromatic heterocycles. The number of aromatic nitrogens is 4. The topological polar surface area (TPSA) is 125 Å². The molecular formula is C20H25N5O4. The summed E-state index contributed by atoms with van der Waals surface area (Å²) in [6.07, 6.45) is 1.85. The van der Waals surface area contributed by atoms with Gasteiger partial charge in [-0.3, -0.25) is 9.36 Å². The molecule has 2 heterocycles. The van der Waals surface area contributed by atoms with E-state index in [-0.39, 0.29) is 30.0 Å². The Morgan fingerprint density at radius 1 is 1.34 bits per heavy atom. The van der Waals surface area contributed by atoms with E-state index < -0.39 is 5.92 Å². The Balaban J connectivity index is 1.95. The van der Waals surface area contributed by atoms with Gasteiger partial charge in [0.25, 0.3) is 0 Å². The van der Waals surface area contributed by atoms with Crippen molar-refractivity contribution in [2.75, 3.05) is 19.5 Å². The molecule has 0 radical (unpaired) electrons. The first kappa shape index (κ1) is 20.4. The predicted molar refractivity (Wildman–Crippen MR) is 109 cm³/mol. The fourth-order valence-corrected chi connectivity index (χ4v) is 3.01. The second-order valence-electron chi connectivity index (χ2n) is 6.80. The van der Waals surface area contributed by atoms with Crippen molar-refractivity contribution >= 4 is 23.0 Å². The summed E-state index contributed by atoms with van der Waals surface area (Å²) >= 11 is 0. The van der Waals surface area contributed by atoms with Crippen molar-refractivity contribution in [3.8, 4) is 6.01 Å². The lowest BCUT2D eigenvalue weighted by Crippen LogP contribution is -2.18. The van der Waals surface area contributed by atoms with Crippen LogP contribution in [0.4, 0.5) is 5.82 Å². The fraction of sp³-hybridized carbons (Fsp3) is 0.400. The number of fused-ring (bicyclic) bond motifs is 1. The van der Waals surface area contributed by atoms with Crippen molar-refractivity contribution in [2.24, 2.45) is 0 Å². The van der Waals surface area contributed by atoms with Crippen LogP contribution in [0.5, 0.6) is 6.01 Å². The van der Waals surface area contributed by atoms with Gasteiger partial charge in [0.15, 0.2) is 11.5 Å². The molecule has 0 amide bonds. The number of hydrogen-bond donors (Lipinski definition) is 2. The summed E-state index contributed by atoms with van der Waals surface area (Å²) in [4.78, 5) is 35.5. The van der Waals surface area contributed by atoms with Crippen LogP contribution in [0.2, 0.25) is 0 Å². The van der Waals surface area contributed by atoms with E-state index in [1.54, 1.807) is 6.92 Å². The maximum atomic E-state index is 12.5. The molecule has 0 bridgehead atoms. The average Bonchev–Trinajstić information content (AvgIpc) is 3.03. The molecule has 1 aromatic carbocycles. The number of ether oxygens (including phenoxy) is 2. The summed E-state index contributed by atoms with van der Waals surface area (Å²) in [7, 11) is 1.36. The molecule has 154 valence electrons. The summed E-state index contributed by atoms with van der Waals surface area (Å²) in [6.45, 7) is 4.56. The van der Waals surface area contributed by atoms with Crippen LogP contribution in [0.25, 0.3) is 11.2 Å². The first-order valence-corrected chi connectivity index (χ1v) is 9.50. The summed E-state index contributed by atoms with van der Waals surface area (Å²) < 4.78 is 11.8. The second-order valence-corrected chi connectivity index (χ2v) is 6.80. The zero-order valence-corrected chi connectivity index (χ0v) is 16.8. The molecule has 3 aromatic rings. The van der Waals surface area contributed by atoms with Crippen LogP contribution in [0.3, 0.4) is 0 Å². The van der Waals surface area contributed by atoms with Crippen LogP contribution in [-0.2, 0) is 16.1 Å². The Hall–Kier alpha value is -3.36. The molecule has 0 spiro atoms. The van der Waals surface area contributed by atoms with Gasteiger partial charge in [-0.05, 0) is 24.5 Å². The van der Waals surface area contributed by atoms with Gasteiger partial charge in [0.2, 0.25) is 0 Å². The molecule has 0 saturated carbocycles. The maximum absolute atomic E-state index is 12.5. The molecule has 0 saturated heterocycles. The van der Waals surface area contributed by atoms with Crippen LogP contribution >= 0.6 is 0 Å². The molecule has 3 N–H and O–H groups in total. The van der Waals surface area contributed by atoms with Crippen molar-refractivity contribution in [3.05, 3.63) is 45.9 Å². The Morgan fingerprint density at radius 3 is 2.86 bits per heavy atom. The highest BCUT2D eigenvalue weighted by Gasteiger charge is 2.18. The highest BCUT2D eigenvalue weighted by atomic mass is 16.5. The predicted octanol–water partition coefficient (Wildman–Crippen LogP) is 2.21. The highest BCUT2D eigenvalue weighted by molar-refractivity contribution is 5.82. The quantitative estimate of drug-likeness (QED) is 0.439. The van der Waals surface area contributed by atoms with Crippen molar-refractivity contribution < 1.29 is 14.3 Å². The summed E-state index contributed by atoms with van der Waals surface area (Å²) in [5.74, 6) is -0.567. The molecule has 0 aliphatic carbocycles. The number of esters is 1. The number of nitrogens with one attached hydrogen (secondary N) is 1. The van der Waals surface area contributed by atoms with Crippen LogP contribution in [0.1, 0.15) is 43.7 Å². The fourth-order valence-electron chi connectivity index (χ4n) is 3.01. The summed E-state index contributed by atoms with van der Waals surface area (Å²) in [5, 5.41) is 0. The van der Waals surface area contributed by atoms with Gasteiger partial charge in [0.1, 0.15) is 5.52 Å². The lowest BCUT2D eigenvalue weighted by Gasteiger charge is -2.11. The van der Waals surface area contributed by atoms with Gasteiger partial charge in [0, 0.05) is 0 Å². The number of unbranched alkanes of at least 4 members (excludes halogenated alkanes) is 1. The Labute approximate surface area is 167 Å². The van der Waals surface area contributed by atoms with E-state index in [0.29, 0.717) is 17.8 Å². The van der Waals surface area contributed by atoms with E-state index >= 15 is 0 Å². The van der Waals surface area contributed by atoms with Crippen molar-refractivity contribution in [3.63, 3.8) is 0 Å². The third-order valence-corrected chi connectivity index (χ3v) is 4.71. The maximum Gasteiger partial charge on any atom is 0.328 e. The minimum atomic E-state index is -0.406. The number of carbonyl (C=O) groups is 1. The number of imidazole rings is 1. The number of carbonyl (C=O) groups excluding carboxylic acids is 1. The summed E-state index contributed by atoms with van der Waals surface area (Å²) in [5.41, 5.74) is 8.03. The third kappa shape index (κ3) is 4.39. The van der Waals surface area contributed by atoms with E-state index in [2.05, 4.69) is 21.9 Å². The number of nitrogens with zero attached hydrogens (tertiary/aromatic N) is 3. The number of nitrogens with two attached hydrogens (primary N) is 1. The normalized spacial score (nSPS) is 12.1. The minimum absolute atomic E-state index is 0.143. The molecule has 1 atom stereocenters. The van der Waals surface area contributed by atoms with Crippen molar-refractivity contribution in [1.29, 1.82) is 0 Å². The van der Waals surface area contributed by atoms with Crippen LogP contribution in [-0.4, -0.2) is 39.2 Å². The Bertz CT molecular complexity index is 1070. The van der Waals surface area contributed by atoms with Gasteiger partial charge >= 0.3 is 17.7 Å². The first-order chi connectivity index (χ1) is 13.9. The number of H-pyrrole nitrogens is 1. The molecule has 0 unspecified atom stereocenters.